The Morgan fingerprint density at radius 3 is 2.44 bits per heavy atom. The second kappa shape index (κ2) is 7.29. The molecule has 1 N–H and O–H groups in total. The van der Waals surface area contributed by atoms with Crippen LogP contribution in [0.5, 0.6) is 0 Å². The normalized spacial score (nSPS) is 26.6. The lowest BCUT2D eigenvalue weighted by Gasteiger charge is -2.40. The van der Waals surface area contributed by atoms with Crippen LogP contribution in [0.4, 0.5) is 0 Å². The van der Waals surface area contributed by atoms with Gasteiger partial charge in [0.2, 0.25) is 0 Å². The maximum Gasteiger partial charge on any atom is 0.0695 e. The van der Waals surface area contributed by atoms with Crippen LogP contribution in [0, 0.1) is 0 Å². The molecule has 1 aliphatic carbocycles. The van der Waals surface area contributed by atoms with Gasteiger partial charge in [-0.2, -0.15) is 0 Å². The molecule has 0 amide bonds. The summed E-state index contributed by atoms with van der Waals surface area (Å²) in [7, 11) is 0. The average Bonchev–Trinajstić information content (AvgIpc) is 2.25. The van der Waals surface area contributed by atoms with Crippen molar-refractivity contribution in [1.82, 2.24) is 4.90 Å². The molecule has 1 fully saturated rings. The third kappa shape index (κ3) is 4.06. The first-order valence-electron chi connectivity index (χ1n) is 7.10. The molecule has 1 rings (SSSR count). The van der Waals surface area contributed by atoms with Gasteiger partial charge >= 0.3 is 0 Å². The first kappa shape index (κ1) is 14.0. The van der Waals surface area contributed by atoms with Crippen molar-refractivity contribution in [2.45, 2.75) is 83.9 Å². The molecule has 0 saturated heterocycles. The summed E-state index contributed by atoms with van der Waals surface area (Å²) in [5, 5.41) is 10.1. The largest absolute Gasteiger partial charge is 0.391 e. The highest BCUT2D eigenvalue weighted by molar-refractivity contribution is 4.84. The van der Waals surface area contributed by atoms with Crippen molar-refractivity contribution in [1.29, 1.82) is 0 Å². The van der Waals surface area contributed by atoms with Crippen molar-refractivity contribution in [3.8, 4) is 0 Å². The molecule has 0 radical (unpaired) electrons. The van der Waals surface area contributed by atoms with Crippen LogP contribution in [-0.4, -0.2) is 34.7 Å². The lowest BCUT2D eigenvalue weighted by atomic mass is 9.90. The number of nitrogens with zero attached hydrogens (tertiary/aromatic N) is 1. The van der Waals surface area contributed by atoms with Crippen LogP contribution in [0.15, 0.2) is 0 Å². The smallest absolute Gasteiger partial charge is 0.0695 e. The zero-order chi connectivity index (χ0) is 12.0. The van der Waals surface area contributed by atoms with E-state index in [4.69, 9.17) is 0 Å². The molecule has 1 saturated carbocycles. The molecule has 0 aromatic rings. The number of hydrogen-bond donors (Lipinski definition) is 1. The highest BCUT2D eigenvalue weighted by Gasteiger charge is 2.29. The monoisotopic (exact) mass is 227 g/mol. The van der Waals surface area contributed by atoms with Crippen molar-refractivity contribution in [3.05, 3.63) is 0 Å². The lowest BCUT2D eigenvalue weighted by molar-refractivity contribution is 0.00415. The number of hydrogen-bond acceptors (Lipinski definition) is 2. The Bertz CT molecular complexity index is 182. The van der Waals surface area contributed by atoms with Crippen molar-refractivity contribution >= 4 is 0 Å². The molecule has 0 unspecified atom stereocenters. The Hall–Kier alpha value is -0.0800. The summed E-state index contributed by atoms with van der Waals surface area (Å²) in [6.45, 7) is 7.92. The molecule has 0 aromatic heterocycles. The van der Waals surface area contributed by atoms with E-state index in [2.05, 4.69) is 25.7 Å². The fraction of sp³-hybridized carbons (Fsp3) is 1.00. The first-order chi connectivity index (χ1) is 7.66. The molecule has 0 aliphatic heterocycles. The van der Waals surface area contributed by atoms with Gasteiger partial charge in [-0.1, -0.05) is 32.6 Å². The van der Waals surface area contributed by atoms with Crippen LogP contribution in [0.25, 0.3) is 0 Å². The van der Waals surface area contributed by atoms with E-state index in [0.29, 0.717) is 12.1 Å². The van der Waals surface area contributed by atoms with E-state index in [-0.39, 0.29) is 6.10 Å². The van der Waals surface area contributed by atoms with E-state index in [1.54, 1.807) is 0 Å². The van der Waals surface area contributed by atoms with Gasteiger partial charge < -0.3 is 5.11 Å². The molecule has 0 heterocycles. The van der Waals surface area contributed by atoms with E-state index < -0.39 is 0 Å². The average molecular weight is 227 g/mol. The second-order valence-corrected chi connectivity index (χ2v) is 5.46. The van der Waals surface area contributed by atoms with Crippen molar-refractivity contribution < 1.29 is 5.11 Å². The highest BCUT2D eigenvalue weighted by atomic mass is 16.3. The molecular weight excluding hydrogens is 198 g/mol. The second-order valence-electron chi connectivity index (χ2n) is 5.46. The zero-order valence-corrected chi connectivity index (χ0v) is 11.3. The zero-order valence-electron chi connectivity index (χ0n) is 11.3. The van der Waals surface area contributed by atoms with Crippen LogP contribution in [-0.2, 0) is 0 Å². The van der Waals surface area contributed by atoms with Gasteiger partial charge in [-0.05, 0) is 39.7 Å². The molecule has 2 atom stereocenters. The third-order valence-corrected chi connectivity index (χ3v) is 3.80. The molecule has 0 aromatic carbocycles. The standard InChI is InChI=1S/C14H29NO/c1-4-5-8-11-15(12(2)3)13-9-6-7-10-14(13)16/h12-14,16H,4-11H2,1-3H3/t13-,14-/m1/s1. The minimum atomic E-state index is -0.0854. The number of aliphatic hydroxyl groups is 1. The Morgan fingerprint density at radius 2 is 1.88 bits per heavy atom. The van der Waals surface area contributed by atoms with E-state index in [0.717, 1.165) is 13.0 Å². The Morgan fingerprint density at radius 1 is 1.19 bits per heavy atom. The van der Waals surface area contributed by atoms with Gasteiger partial charge in [-0.25, -0.2) is 0 Å². The van der Waals surface area contributed by atoms with Crippen LogP contribution in [0.1, 0.15) is 65.7 Å². The SMILES string of the molecule is CCCCCN(C(C)C)[C@@H]1CCCC[C@H]1O. The van der Waals surface area contributed by atoms with E-state index in [9.17, 15) is 5.11 Å². The van der Waals surface area contributed by atoms with Crippen LogP contribution in [0.2, 0.25) is 0 Å². The molecular formula is C14H29NO. The number of rotatable bonds is 6. The quantitative estimate of drug-likeness (QED) is 0.704. The van der Waals surface area contributed by atoms with E-state index in [1.165, 1.54) is 38.5 Å². The van der Waals surface area contributed by atoms with Gasteiger partial charge in [0.05, 0.1) is 6.10 Å². The van der Waals surface area contributed by atoms with Gasteiger partial charge in [0.15, 0.2) is 0 Å². The van der Waals surface area contributed by atoms with Crippen LogP contribution >= 0.6 is 0 Å². The summed E-state index contributed by atoms with van der Waals surface area (Å²) in [5.74, 6) is 0. The predicted octanol–water partition coefficient (Wildman–Crippen LogP) is 3.19. The van der Waals surface area contributed by atoms with Gasteiger partial charge in [0, 0.05) is 12.1 Å². The summed E-state index contributed by atoms with van der Waals surface area (Å²) >= 11 is 0. The van der Waals surface area contributed by atoms with E-state index >= 15 is 0 Å². The summed E-state index contributed by atoms with van der Waals surface area (Å²) in [5.41, 5.74) is 0. The van der Waals surface area contributed by atoms with Crippen molar-refractivity contribution in [2.24, 2.45) is 0 Å². The summed E-state index contributed by atoms with van der Waals surface area (Å²) in [4.78, 5) is 2.53. The van der Waals surface area contributed by atoms with Crippen molar-refractivity contribution in [2.75, 3.05) is 6.54 Å². The topological polar surface area (TPSA) is 23.5 Å². The number of unbranched alkanes of at least 4 members (excludes halogenated alkanes) is 2. The first-order valence-corrected chi connectivity index (χ1v) is 7.10. The third-order valence-electron chi connectivity index (χ3n) is 3.80. The fourth-order valence-electron chi connectivity index (χ4n) is 2.83. The van der Waals surface area contributed by atoms with Gasteiger partial charge in [0.25, 0.3) is 0 Å². The summed E-state index contributed by atoms with van der Waals surface area (Å²) < 4.78 is 0. The molecule has 16 heavy (non-hydrogen) atoms. The minimum absolute atomic E-state index is 0.0854. The number of aliphatic hydroxyl groups excluding tert-OH is 1. The molecule has 0 bridgehead atoms. The molecule has 2 nitrogen and oxygen atoms in total. The Kier molecular flexibility index (Phi) is 6.37. The van der Waals surface area contributed by atoms with Gasteiger partial charge in [-0.3, -0.25) is 4.90 Å². The molecule has 96 valence electrons. The molecule has 1 aliphatic rings. The summed E-state index contributed by atoms with van der Waals surface area (Å²) in [6, 6.07) is 0.986. The highest BCUT2D eigenvalue weighted by Crippen LogP contribution is 2.25. The molecule has 0 spiro atoms. The fourth-order valence-corrected chi connectivity index (χ4v) is 2.83. The summed E-state index contributed by atoms with van der Waals surface area (Å²) in [6.07, 6.45) is 8.46. The molecule has 2 heteroatoms. The lowest BCUT2D eigenvalue weighted by Crippen LogP contribution is -2.49. The van der Waals surface area contributed by atoms with Crippen LogP contribution < -0.4 is 0 Å². The van der Waals surface area contributed by atoms with Gasteiger partial charge in [0.1, 0.15) is 0 Å². The van der Waals surface area contributed by atoms with Crippen molar-refractivity contribution in [3.63, 3.8) is 0 Å². The maximum atomic E-state index is 10.1. The Labute approximate surface area is 101 Å². The minimum Gasteiger partial charge on any atom is -0.391 e. The Balaban J connectivity index is 2.47. The maximum absolute atomic E-state index is 10.1. The van der Waals surface area contributed by atoms with E-state index in [1.807, 2.05) is 0 Å². The van der Waals surface area contributed by atoms with Crippen LogP contribution in [0.3, 0.4) is 0 Å². The predicted molar refractivity (Wildman–Crippen MR) is 69.6 cm³/mol. The van der Waals surface area contributed by atoms with Gasteiger partial charge in [-0.15, -0.1) is 0 Å².